The fourth-order valence-electron chi connectivity index (χ4n) is 3.26. The molecule has 15 heavy (non-hydrogen) atoms. The monoisotopic (exact) mass is 210 g/mol. The van der Waals surface area contributed by atoms with Gasteiger partial charge in [0.2, 0.25) is 0 Å². The highest BCUT2D eigenvalue weighted by Crippen LogP contribution is 2.43. The Labute approximate surface area is 92.4 Å². The highest BCUT2D eigenvalue weighted by molar-refractivity contribution is 5.82. The van der Waals surface area contributed by atoms with Crippen molar-refractivity contribution in [2.75, 3.05) is 0 Å². The van der Waals surface area contributed by atoms with Gasteiger partial charge in [0.25, 0.3) is 0 Å². The van der Waals surface area contributed by atoms with Crippen LogP contribution in [0.5, 0.6) is 0 Å². The van der Waals surface area contributed by atoms with Crippen LogP contribution in [0.2, 0.25) is 0 Å². The molecule has 86 valence electrons. The maximum absolute atomic E-state index is 12.1. The average molecular weight is 210 g/mol. The molecule has 0 spiro atoms. The Morgan fingerprint density at radius 3 is 2.93 bits per heavy atom. The third kappa shape index (κ3) is 2.10. The van der Waals surface area contributed by atoms with Crippen molar-refractivity contribution in [1.82, 2.24) is 0 Å². The molecular formula is C13H22O2. The van der Waals surface area contributed by atoms with Gasteiger partial charge < -0.3 is 4.74 Å². The lowest BCUT2D eigenvalue weighted by molar-refractivity contribution is -0.125. The second-order valence-electron chi connectivity index (χ2n) is 5.07. The molecule has 0 N–H and O–H groups in total. The number of unbranched alkanes of at least 4 members (excludes halogenated alkanes) is 1. The molecule has 2 aliphatic rings. The van der Waals surface area contributed by atoms with Gasteiger partial charge in [-0.1, -0.05) is 19.8 Å². The molecule has 1 aliphatic heterocycles. The smallest absolute Gasteiger partial charge is 0.138 e. The van der Waals surface area contributed by atoms with E-state index < -0.39 is 0 Å². The van der Waals surface area contributed by atoms with Crippen LogP contribution in [0.25, 0.3) is 0 Å². The molecule has 2 heteroatoms. The minimum Gasteiger partial charge on any atom is -0.374 e. The minimum absolute atomic E-state index is 0.171. The first-order valence-electron chi connectivity index (χ1n) is 6.42. The summed E-state index contributed by atoms with van der Waals surface area (Å²) in [5, 5.41) is 0. The largest absolute Gasteiger partial charge is 0.374 e. The van der Waals surface area contributed by atoms with Crippen LogP contribution in [0, 0.1) is 11.8 Å². The van der Waals surface area contributed by atoms with Crippen LogP contribution < -0.4 is 0 Å². The van der Waals surface area contributed by atoms with E-state index in [2.05, 4.69) is 13.8 Å². The Balaban J connectivity index is 1.97. The van der Waals surface area contributed by atoms with E-state index >= 15 is 0 Å². The molecular weight excluding hydrogens is 188 g/mol. The molecule has 2 rings (SSSR count). The maximum Gasteiger partial charge on any atom is 0.138 e. The Bertz CT molecular complexity index is 237. The number of ketones is 1. The number of fused-ring (bicyclic) bond motifs is 1. The highest BCUT2D eigenvalue weighted by Gasteiger charge is 2.47. The van der Waals surface area contributed by atoms with Crippen LogP contribution in [-0.4, -0.2) is 18.0 Å². The lowest BCUT2D eigenvalue weighted by atomic mass is 9.83. The lowest BCUT2D eigenvalue weighted by Gasteiger charge is -2.17. The van der Waals surface area contributed by atoms with Crippen LogP contribution in [0.15, 0.2) is 0 Å². The molecule has 2 fully saturated rings. The Hall–Kier alpha value is -0.370. The molecule has 0 amide bonds. The van der Waals surface area contributed by atoms with Crippen LogP contribution >= 0.6 is 0 Å². The molecule has 1 saturated heterocycles. The molecule has 0 aromatic rings. The summed E-state index contributed by atoms with van der Waals surface area (Å²) in [6, 6.07) is 0. The number of Topliss-reactive ketones (excluding diaryl/α,β-unsaturated/α-hetero) is 1. The number of carbonyl (C=O) groups excluding carboxylic acids is 1. The summed E-state index contributed by atoms with van der Waals surface area (Å²) >= 11 is 0. The van der Waals surface area contributed by atoms with E-state index in [9.17, 15) is 4.79 Å². The summed E-state index contributed by atoms with van der Waals surface area (Å²) < 4.78 is 5.88. The van der Waals surface area contributed by atoms with Crippen molar-refractivity contribution in [3.05, 3.63) is 0 Å². The fourth-order valence-corrected chi connectivity index (χ4v) is 3.26. The molecule has 0 aromatic heterocycles. The standard InChI is InChI=1S/C13H22O2/c1-3-4-7-11(14)13-9(2)15-12-8-5-6-10(12)13/h9-10,12-13H,3-8H2,1-2H3/t9-,10-,12+,13+/m1/s1. The summed E-state index contributed by atoms with van der Waals surface area (Å²) in [5.41, 5.74) is 0. The van der Waals surface area contributed by atoms with Crippen LogP contribution in [-0.2, 0) is 9.53 Å². The number of hydrogen-bond donors (Lipinski definition) is 0. The van der Waals surface area contributed by atoms with Gasteiger partial charge in [-0.15, -0.1) is 0 Å². The third-order valence-electron chi connectivity index (χ3n) is 4.01. The summed E-state index contributed by atoms with van der Waals surface area (Å²) in [6.45, 7) is 4.22. The molecule has 1 aliphatic carbocycles. The van der Waals surface area contributed by atoms with Crippen LogP contribution in [0.4, 0.5) is 0 Å². The van der Waals surface area contributed by atoms with E-state index in [0.717, 1.165) is 19.3 Å². The first-order chi connectivity index (χ1) is 7.24. The van der Waals surface area contributed by atoms with Gasteiger partial charge in [0, 0.05) is 12.3 Å². The average Bonchev–Trinajstić information content (AvgIpc) is 2.73. The molecule has 4 atom stereocenters. The quantitative estimate of drug-likeness (QED) is 0.713. The number of ether oxygens (including phenoxy) is 1. The maximum atomic E-state index is 12.1. The van der Waals surface area contributed by atoms with Gasteiger partial charge in [-0.05, 0) is 32.1 Å². The van der Waals surface area contributed by atoms with Crippen molar-refractivity contribution in [1.29, 1.82) is 0 Å². The zero-order valence-electron chi connectivity index (χ0n) is 9.87. The van der Waals surface area contributed by atoms with Gasteiger partial charge in [0.15, 0.2) is 0 Å². The number of carbonyl (C=O) groups is 1. The molecule has 0 bridgehead atoms. The topological polar surface area (TPSA) is 26.3 Å². The summed E-state index contributed by atoms with van der Waals surface area (Å²) in [7, 11) is 0. The van der Waals surface area contributed by atoms with E-state index in [0.29, 0.717) is 17.8 Å². The van der Waals surface area contributed by atoms with Crippen molar-refractivity contribution in [3.63, 3.8) is 0 Å². The number of hydrogen-bond acceptors (Lipinski definition) is 2. The van der Waals surface area contributed by atoms with Gasteiger partial charge in [0.05, 0.1) is 12.2 Å². The van der Waals surface area contributed by atoms with Crippen molar-refractivity contribution >= 4 is 5.78 Å². The van der Waals surface area contributed by atoms with Crippen molar-refractivity contribution in [2.24, 2.45) is 11.8 Å². The van der Waals surface area contributed by atoms with Crippen molar-refractivity contribution in [2.45, 2.75) is 64.6 Å². The zero-order chi connectivity index (χ0) is 10.8. The van der Waals surface area contributed by atoms with Gasteiger partial charge >= 0.3 is 0 Å². The first-order valence-corrected chi connectivity index (χ1v) is 6.42. The summed E-state index contributed by atoms with van der Waals surface area (Å²) in [6.07, 6.45) is 7.11. The van der Waals surface area contributed by atoms with Crippen LogP contribution in [0.1, 0.15) is 52.4 Å². The predicted molar refractivity (Wildman–Crippen MR) is 59.7 cm³/mol. The predicted octanol–water partition coefficient (Wildman–Crippen LogP) is 2.95. The molecule has 0 radical (unpaired) electrons. The van der Waals surface area contributed by atoms with Gasteiger partial charge in [0.1, 0.15) is 5.78 Å². The van der Waals surface area contributed by atoms with E-state index in [1.807, 2.05) is 0 Å². The lowest BCUT2D eigenvalue weighted by Crippen LogP contribution is -2.27. The van der Waals surface area contributed by atoms with E-state index in [1.165, 1.54) is 19.3 Å². The summed E-state index contributed by atoms with van der Waals surface area (Å²) in [4.78, 5) is 12.1. The SMILES string of the molecule is CCCCC(=O)[C@@H]1[C@@H]2CCC[C@@H]2O[C@@H]1C. The van der Waals surface area contributed by atoms with Gasteiger partial charge in [-0.3, -0.25) is 4.79 Å². The Morgan fingerprint density at radius 1 is 1.40 bits per heavy atom. The molecule has 0 aromatic carbocycles. The van der Waals surface area contributed by atoms with Crippen molar-refractivity contribution in [3.8, 4) is 0 Å². The molecule has 2 nitrogen and oxygen atoms in total. The molecule has 1 heterocycles. The van der Waals surface area contributed by atoms with E-state index in [1.54, 1.807) is 0 Å². The van der Waals surface area contributed by atoms with E-state index in [-0.39, 0.29) is 12.0 Å². The summed E-state index contributed by atoms with van der Waals surface area (Å²) in [5.74, 6) is 1.21. The Kier molecular flexibility index (Phi) is 3.45. The zero-order valence-corrected chi connectivity index (χ0v) is 9.87. The third-order valence-corrected chi connectivity index (χ3v) is 4.01. The highest BCUT2D eigenvalue weighted by atomic mass is 16.5. The minimum atomic E-state index is 0.171. The normalized spacial score (nSPS) is 39.3. The van der Waals surface area contributed by atoms with E-state index in [4.69, 9.17) is 4.74 Å². The van der Waals surface area contributed by atoms with Gasteiger partial charge in [-0.2, -0.15) is 0 Å². The Morgan fingerprint density at radius 2 is 2.20 bits per heavy atom. The van der Waals surface area contributed by atoms with Crippen LogP contribution in [0.3, 0.4) is 0 Å². The van der Waals surface area contributed by atoms with Crippen molar-refractivity contribution < 1.29 is 9.53 Å². The first kappa shape index (κ1) is 11.1. The fraction of sp³-hybridized carbons (Fsp3) is 0.923. The second-order valence-corrected chi connectivity index (χ2v) is 5.07. The molecule has 1 saturated carbocycles. The molecule has 0 unspecified atom stereocenters. The van der Waals surface area contributed by atoms with Gasteiger partial charge in [-0.25, -0.2) is 0 Å². The second kappa shape index (κ2) is 4.65. The number of rotatable bonds is 4.